The van der Waals surface area contributed by atoms with Gasteiger partial charge in [-0.25, -0.2) is 9.97 Å². The summed E-state index contributed by atoms with van der Waals surface area (Å²) in [4.78, 5) is 18.0. The Morgan fingerprint density at radius 3 is 3.18 bits per heavy atom. The number of carbonyl (C=O) groups excluding carboxylic acids is 1. The summed E-state index contributed by atoms with van der Waals surface area (Å²) in [6.07, 6.45) is 2.25. The predicted octanol–water partition coefficient (Wildman–Crippen LogP) is 0.721. The van der Waals surface area contributed by atoms with Gasteiger partial charge < -0.3 is 5.32 Å². The average molecular weight is 151 g/mol. The molecule has 0 bridgehead atoms. The Hall–Kier alpha value is -1.45. The van der Waals surface area contributed by atoms with Gasteiger partial charge in [-0.2, -0.15) is 0 Å². The van der Waals surface area contributed by atoms with Crippen LogP contribution in [-0.2, 0) is 0 Å². The highest BCUT2D eigenvalue weighted by Crippen LogP contribution is 1.96. The number of hydrogen-bond donors (Lipinski definition) is 1. The smallest absolute Gasteiger partial charge is 0.223 e. The van der Waals surface area contributed by atoms with E-state index < -0.39 is 0 Å². The molecule has 0 aromatic carbocycles. The van der Waals surface area contributed by atoms with Gasteiger partial charge in [0.2, 0.25) is 5.95 Å². The molecule has 0 fully saturated rings. The number of carbonyl (C=O) groups is 1. The lowest BCUT2D eigenvalue weighted by molar-refractivity contribution is 0.111. The SMILES string of the molecule is CCNc1nccc(C=O)n1. The summed E-state index contributed by atoms with van der Waals surface area (Å²) in [5.41, 5.74) is 0.399. The lowest BCUT2D eigenvalue weighted by Gasteiger charge is -1.98. The van der Waals surface area contributed by atoms with Crippen molar-refractivity contribution in [2.45, 2.75) is 6.92 Å². The van der Waals surface area contributed by atoms with Crippen molar-refractivity contribution in [1.82, 2.24) is 9.97 Å². The van der Waals surface area contributed by atoms with E-state index in [1.165, 1.54) is 0 Å². The molecule has 1 N–H and O–H groups in total. The molecule has 0 aliphatic heterocycles. The largest absolute Gasteiger partial charge is 0.354 e. The van der Waals surface area contributed by atoms with E-state index in [2.05, 4.69) is 15.3 Å². The predicted molar refractivity (Wildman–Crippen MR) is 41.6 cm³/mol. The minimum Gasteiger partial charge on any atom is -0.354 e. The van der Waals surface area contributed by atoms with Gasteiger partial charge in [0.15, 0.2) is 6.29 Å². The van der Waals surface area contributed by atoms with Crippen LogP contribution < -0.4 is 5.32 Å². The van der Waals surface area contributed by atoms with Crippen LogP contribution >= 0.6 is 0 Å². The summed E-state index contributed by atoms with van der Waals surface area (Å²) in [5, 5.41) is 2.90. The molecule has 1 aromatic rings. The van der Waals surface area contributed by atoms with Crippen LogP contribution in [0.15, 0.2) is 12.3 Å². The van der Waals surface area contributed by atoms with Gasteiger partial charge in [0.1, 0.15) is 5.69 Å². The highest BCUT2D eigenvalue weighted by atomic mass is 16.1. The fourth-order valence-electron chi connectivity index (χ4n) is 0.682. The second-order valence-electron chi connectivity index (χ2n) is 1.95. The second kappa shape index (κ2) is 3.65. The van der Waals surface area contributed by atoms with Crippen LogP contribution in [0.2, 0.25) is 0 Å². The van der Waals surface area contributed by atoms with Crippen LogP contribution in [0.5, 0.6) is 0 Å². The van der Waals surface area contributed by atoms with Crippen LogP contribution in [0, 0.1) is 0 Å². The first-order chi connectivity index (χ1) is 5.36. The molecule has 1 rings (SSSR count). The highest BCUT2D eigenvalue weighted by molar-refractivity contribution is 5.71. The number of aromatic nitrogens is 2. The van der Waals surface area contributed by atoms with Crippen LogP contribution in [0.4, 0.5) is 5.95 Å². The Balaban J connectivity index is 2.82. The Kier molecular flexibility index (Phi) is 2.54. The van der Waals surface area contributed by atoms with E-state index in [1.54, 1.807) is 12.3 Å². The Morgan fingerprint density at radius 2 is 2.55 bits per heavy atom. The molecule has 0 saturated heterocycles. The third-order valence-corrected chi connectivity index (χ3v) is 1.13. The molecule has 0 aliphatic carbocycles. The van der Waals surface area contributed by atoms with Crippen LogP contribution in [0.3, 0.4) is 0 Å². The van der Waals surface area contributed by atoms with Gasteiger partial charge in [-0.1, -0.05) is 0 Å². The first-order valence-corrected chi connectivity index (χ1v) is 3.39. The van der Waals surface area contributed by atoms with Crippen LogP contribution in [0.25, 0.3) is 0 Å². The lowest BCUT2D eigenvalue weighted by Crippen LogP contribution is -2.02. The van der Waals surface area contributed by atoms with Gasteiger partial charge in [0.05, 0.1) is 0 Å². The molecule has 0 amide bonds. The summed E-state index contributed by atoms with van der Waals surface area (Å²) < 4.78 is 0. The lowest BCUT2D eigenvalue weighted by atomic mass is 10.4. The number of aldehydes is 1. The fourth-order valence-corrected chi connectivity index (χ4v) is 0.682. The van der Waals surface area contributed by atoms with E-state index in [-0.39, 0.29) is 0 Å². The minimum absolute atomic E-state index is 0.399. The van der Waals surface area contributed by atoms with Gasteiger partial charge in [-0.05, 0) is 13.0 Å². The third-order valence-electron chi connectivity index (χ3n) is 1.13. The van der Waals surface area contributed by atoms with Crippen molar-refractivity contribution in [2.24, 2.45) is 0 Å². The molecule has 4 heteroatoms. The van der Waals surface area contributed by atoms with Gasteiger partial charge in [-0.15, -0.1) is 0 Å². The van der Waals surface area contributed by atoms with Crippen molar-refractivity contribution in [3.8, 4) is 0 Å². The zero-order chi connectivity index (χ0) is 8.10. The van der Waals surface area contributed by atoms with Crippen molar-refractivity contribution in [3.05, 3.63) is 18.0 Å². The van der Waals surface area contributed by atoms with Gasteiger partial charge in [0, 0.05) is 12.7 Å². The van der Waals surface area contributed by atoms with Crippen LogP contribution in [-0.4, -0.2) is 22.8 Å². The van der Waals surface area contributed by atoms with E-state index in [9.17, 15) is 4.79 Å². The molecule has 1 aromatic heterocycles. The van der Waals surface area contributed by atoms with E-state index >= 15 is 0 Å². The molecule has 11 heavy (non-hydrogen) atoms. The molecule has 58 valence electrons. The van der Waals surface area contributed by atoms with Crippen LogP contribution in [0.1, 0.15) is 17.4 Å². The molecule has 1 heterocycles. The van der Waals surface area contributed by atoms with Crippen molar-refractivity contribution < 1.29 is 4.79 Å². The molecule has 0 radical (unpaired) electrons. The molecule has 0 atom stereocenters. The zero-order valence-corrected chi connectivity index (χ0v) is 6.24. The first kappa shape index (κ1) is 7.65. The number of hydrogen-bond acceptors (Lipinski definition) is 4. The number of anilines is 1. The Bertz CT molecular complexity index is 249. The van der Waals surface area contributed by atoms with Gasteiger partial charge in [-0.3, -0.25) is 4.79 Å². The van der Waals surface area contributed by atoms with Crippen molar-refractivity contribution in [2.75, 3.05) is 11.9 Å². The van der Waals surface area contributed by atoms with Crippen molar-refractivity contribution in [3.63, 3.8) is 0 Å². The molecule has 0 unspecified atom stereocenters. The van der Waals surface area contributed by atoms with E-state index in [0.29, 0.717) is 17.9 Å². The standard InChI is InChI=1S/C7H9N3O/c1-2-8-7-9-4-3-6(5-11)10-7/h3-5H,2H2,1H3,(H,8,9,10). The fraction of sp³-hybridized carbons (Fsp3) is 0.286. The molecule has 0 saturated carbocycles. The van der Waals surface area contributed by atoms with Gasteiger partial charge >= 0.3 is 0 Å². The van der Waals surface area contributed by atoms with E-state index in [0.717, 1.165) is 6.54 Å². The minimum atomic E-state index is 0.399. The molecular weight excluding hydrogens is 142 g/mol. The summed E-state index contributed by atoms with van der Waals surface area (Å²) in [7, 11) is 0. The normalized spacial score (nSPS) is 9.18. The third kappa shape index (κ3) is 2.00. The first-order valence-electron chi connectivity index (χ1n) is 3.39. The monoisotopic (exact) mass is 151 g/mol. The van der Waals surface area contributed by atoms with Crippen molar-refractivity contribution >= 4 is 12.2 Å². The highest BCUT2D eigenvalue weighted by Gasteiger charge is 1.94. The Labute approximate surface area is 64.7 Å². The summed E-state index contributed by atoms with van der Waals surface area (Å²) in [6.45, 7) is 2.69. The molecule has 4 nitrogen and oxygen atoms in total. The topological polar surface area (TPSA) is 54.9 Å². The molecular formula is C7H9N3O. The van der Waals surface area contributed by atoms with Crippen molar-refractivity contribution in [1.29, 1.82) is 0 Å². The average Bonchev–Trinajstić information content (AvgIpc) is 2.06. The van der Waals surface area contributed by atoms with E-state index in [4.69, 9.17) is 0 Å². The number of nitrogens with one attached hydrogen (secondary N) is 1. The summed E-state index contributed by atoms with van der Waals surface area (Å²) in [5.74, 6) is 0.497. The maximum absolute atomic E-state index is 10.2. The zero-order valence-electron chi connectivity index (χ0n) is 6.24. The number of rotatable bonds is 3. The maximum atomic E-state index is 10.2. The second-order valence-corrected chi connectivity index (χ2v) is 1.95. The van der Waals surface area contributed by atoms with Gasteiger partial charge in [0.25, 0.3) is 0 Å². The maximum Gasteiger partial charge on any atom is 0.223 e. The van der Waals surface area contributed by atoms with E-state index in [1.807, 2.05) is 6.92 Å². The molecule has 0 spiro atoms. The number of nitrogens with zero attached hydrogens (tertiary/aromatic N) is 2. The Morgan fingerprint density at radius 1 is 1.73 bits per heavy atom. The summed E-state index contributed by atoms with van der Waals surface area (Å²) in [6, 6.07) is 1.56. The quantitative estimate of drug-likeness (QED) is 0.647. The molecule has 0 aliphatic rings. The summed E-state index contributed by atoms with van der Waals surface area (Å²) >= 11 is 0.